The monoisotopic (exact) mass is 375 g/mol. The number of rotatable bonds is 3. The Morgan fingerprint density at radius 2 is 2.04 bits per heavy atom. The van der Waals surface area contributed by atoms with Gasteiger partial charge in [0, 0.05) is 30.1 Å². The normalized spacial score (nSPS) is 21.9. The minimum Gasteiger partial charge on any atom is -0.465 e. The number of nitrogens with zero attached hydrogens (tertiary/aromatic N) is 3. The third-order valence-corrected chi connectivity index (χ3v) is 5.37. The molecule has 1 unspecified atom stereocenters. The molecule has 1 atom stereocenters. The van der Waals surface area contributed by atoms with Crippen LogP contribution in [0.3, 0.4) is 0 Å². The van der Waals surface area contributed by atoms with Crippen LogP contribution in [0.15, 0.2) is 41.5 Å². The molecule has 0 spiro atoms. The minimum absolute atomic E-state index is 0.0170. The molecule has 7 nitrogen and oxygen atoms in total. The maximum absolute atomic E-state index is 13.9. The highest BCUT2D eigenvalue weighted by molar-refractivity contribution is 5.65. The van der Waals surface area contributed by atoms with Gasteiger partial charge in [-0.25, -0.2) is 14.2 Å². The predicted molar refractivity (Wildman–Crippen MR) is 96.8 cm³/mol. The number of hydrogen-bond acceptors (Lipinski definition) is 4. The van der Waals surface area contributed by atoms with E-state index in [1.165, 1.54) is 27.9 Å². The lowest BCUT2D eigenvalue weighted by molar-refractivity contribution is -0.123. The summed E-state index contributed by atoms with van der Waals surface area (Å²) in [7, 11) is 0. The molecule has 2 heterocycles. The van der Waals surface area contributed by atoms with Gasteiger partial charge >= 0.3 is 6.09 Å². The molecule has 3 rings (SSSR count). The fourth-order valence-corrected chi connectivity index (χ4v) is 3.46. The van der Waals surface area contributed by atoms with Gasteiger partial charge in [-0.15, -0.1) is 0 Å². The van der Waals surface area contributed by atoms with E-state index in [1.807, 2.05) is 0 Å². The highest BCUT2D eigenvalue weighted by atomic mass is 19.1. The van der Waals surface area contributed by atoms with Crippen LogP contribution in [0.1, 0.15) is 20.3 Å². The van der Waals surface area contributed by atoms with Crippen LogP contribution in [0.25, 0.3) is 11.3 Å². The average Bonchev–Trinajstić information content (AvgIpc) is 2.59. The lowest BCUT2D eigenvalue weighted by atomic mass is 9.70. The molecule has 1 aromatic carbocycles. The third-order valence-electron chi connectivity index (χ3n) is 5.37. The van der Waals surface area contributed by atoms with Crippen molar-refractivity contribution >= 4 is 6.09 Å². The number of piperidine rings is 1. The van der Waals surface area contributed by atoms with Crippen molar-refractivity contribution in [2.75, 3.05) is 13.1 Å². The number of benzene rings is 1. The second-order valence-corrected chi connectivity index (χ2v) is 7.59. The van der Waals surface area contributed by atoms with Gasteiger partial charge in [-0.05, 0) is 18.6 Å². The molecule has 1 aliphatic heterocycles. The van der Waals surface area contributed by atoms with Crippen molar-refractivity contribution in [1.82, 2.24) is 14.5 Å². The Balaban J connectivity index is 1.87. The number of likely N-dealkylation sites (tertiary alicyclic amines) is 1. The largest absolute Gasteiger partial charge is 0.465 e. The van der Waals surface area contributed by atoms with E-state index < -0.39 is 28.5 Å². The van der Waals surface area contributed by atoms with Gasteiger partial charge in [0.05, 0.1) is 24.2 Å². The molecule has 0 radical (unpaired) electrons. The number of amides is 1. The van der Waals surface area contributed by atoms with Crippen LogP contribution in [0.2, 0.25) is 0 Å². The summed E-state index contributed by atoms with van der Waals surface area (Å²) in [5, 5.41) is 20.3. The van der Waals surface area contributed by atoms with E-state index in [2.05, 4.69) is 4.98 Å². The highest BCUT2D eigenvalue weighted by Gasteiger charge is 2.49. The summed E-state index contributed by atoms with van der Waals surface area (Å²) in [5.41, 5.74) is -1.98. The highest BCUT2D eigenvalue weighted by Crippen LogP contribution is 2.39. The summed E-state index contributed by atoms with van der Waals surface area (Å²) in [4.78, 5) is 29.1. The van der Waals surface area contributed by atoms with Crippen molar-refractivity contribution in [3.8, 4) is 11.3 Å². The number of carbonyl (C=O) groups is 1. The zero-order chi connectivity index (χ0) is 19.8. The molecule has 0 aliphatic carbocycles. The molecule has 27 heavy (non-hydrogen) atoms. The maximum Gasteiger partial charge on any atom is 0.407 e. The first-order valence-electron chi connectivity index (χ1n) is 8.65. The Bertz CT molecular complexity index is 927. The van der Waals surface area contributed by atoms with E-state index in [1.54, 1.807) is 32.0 Å². The number of carboxylic acid groups (broad SMARTS) is 1. The van der Waals surface area contributed by atoms with Crippen LogP contribution in [0, 0.1) is 11.2 Å². The number of aliphatic hydroxyl groups is 1. The zero-order valence-electron chi connectivity index (χ0n) is 15.2. The van der Waals surface area contributed by atoms with Crippen molar-refractivity contribution in [2.45, 2.75) is 32.4 Å². The van der Waals surface area contributed by atoms with E-state index in [9.17, 15) is 24.2 Å². The molecule has 1 aliphatic rings. The van der Waals surface area contributed by atoms with Gasteiger partial charge in [0.25, 0.3) is 5.56 Å². The molecular formula is C19H22FN3O4. The van der Waals surface area contributed by atoms with E-state index in [-0.39, 0.29) is 37.3 Å². The first-order chi connectivity index (χ1) is 12.6. The van der Waals surface area contributed by atoms with Crippen LogP contribution in [-0.2, 0) is 6.54 Å². The topological polar surface area (TPSA) is 95.7 Å². The molecule has 144 valence electrons. The molecule has 0 bridgehead atoms. The molecule has 1 fully saturated rings. The van der Waals surface area contributed by atoms with Crippen LogP contribution in [0.5, 0.6) is 0 Å². The van der Waals surface area contributed by atoms with Gasteiger partial charge < -0.3 is 15.1 Å². The summed E-state index contributed by atoms with van der Waals surface area (Å²) in [6, 6.07) is 7.29. The Kier molecular flexibility index (Phi) is 4.77. The molecule has 8 heteroatoms. The summed E-state index contributed by atoms with van der Waals surface area (Å²) in [6.07, 6.45) is 0.466. The fourth-order valence-electron chi connectivity index (χ4n) is 3.46. The van der Waals surface area contributed by atoms with E-state index in [4.69, 9.17) is 0 Å². The molecular weight excluding hydrogens is 353 g/mol. The Hall–Kier alpha value is -2.74. The van der Waals surface area contributed by atoms with Crippen molar-refractivity contribution < 1.29 is 19.4 Å². The van der Waals surface area contributed by atoms with Crippen molar-refractivity contribution in [2.24, 2.45) is 5.41 Å². The SMILES string of the molecule is CC1(C)CN(C(=O)O)CCC1(O)Cn1cnc(-c2ccccc2F)cc1=O. The van der Waals surface area contributed by atoms with E-state index >= 15 is 0 Å². The average molecular weight is 375 g/mol. The van der Waals surface area contributed by atoms with Crippen molar-refractivity contribution in [1.29, 1.82) is 0 Å². The second-order valence-electron chi connectivity index (χ2n) is 7.59. The number of halogens is 1. The summed E-state index contributed by atoms with van der Waals surface area (Å²) >= 11 is 0. The van der Waals surface area contributed by atoms with Crippen LogP contribution < -0.4 is 5.56 Å². The third kappa shape index (κ3) is 3.57. The lowest BCUT2D eigenvalue weighted by Crippen LogP contribution is -2.60. The van der Waals surface area contributed by atoms with Gasteiger partial charge in [0.2, 0.25) is 0 Å². The summed E-state index contributed by atoms with van der Waals surface area (Å²) in [6.45, 7) is 3.87. The van der Waals surface area contributed by atoms with Crippen LogP contribution in [0.4, 0.5) is 9.18 Å². The summed E-state index contributed by atoms with van der Waals surface area (Å²) in [5.74, 6) is -0.469. The van der Waals surface area contributed by atoms with Gasteiger partial charge in [-0.1, -0.05) is 26.0 Å². The first-order valence-corrected chi connectivity index (χ1v) is 8.65. The quantitative estimate of drug-likeness (QED) is 0.857. The number of aromatic nitrogens is 2. The summed E-state index contributed by atoms with van der Waals surface area (Å²) < 4.78 is 15.2. The molecule has 1 amide bonds. The molecule has 1 aromatic heterocycles. The molecule has 2 aromatic rings. The van der Waals surface area contributed by atoms with Crippen LogP contribution >= 0.6 is 0 Å². The fraction of sp³-hybridized carbons (Fsp3) is 0.421. The van der Waals surface area contributed by atoms with E-state index in [0.717, 1.165) is 0 Å². The second kappa shape index (κ2) is 6.77. The zero-order valence-corrected chi connectivity index (χ0v) is 15.2. The lowest BCUT2D eigenvalue weighted by Gasteiger charge is -2.49. The number of hydrogen-bond donors (Lipinski definition) is 2. The smallest absolute Gasteiger partial charge is 0.407 e. The molecule has 1 saturated heterocycles. The minimum atomic E-state index is -1.27. The molecule has 2 N–H and O–H groups in total. The van der Waals surface area contributed by atoms with Crippen LogP contribution in [-0.4, -0.2) is 49.4 Å². The Morgan fingerprint density at radius 1 is 1.33 bits per heavy atom. The predicted octanol–water partition coefficient (Wildman–Crippen LogP) is 2.19. The first kappa shape index (κ1) is 19.0. The standard InChI is InChI=1S/C19H22FN3O4/c1-18(2)10-22(17(25)26)8-7-19(18,27)11-23-12-21-15(9-16(23)24)13-5-3-4-6-14(13)20/h3-6,9,12,27H,7-8,10-11H2,1-2H3,(H,25,26). The van der Waals surface area contributed by atoms with Crippen molar-refractivity contribution in [3.63, 3.8) is 0 Å². The van der Waals surface area contributed by atoms with Gasteiger partial charge in [-0.3, -0.25) is 9.36 Å². The van der Waals surface area contributed by atoms with Crippen molar-refractivity contribution in [3.05, 3.63) is 52.8 Å². The van der Waals surface area contributed by atoms with Gasteiger partial charge in [0.15, 0.2) is 0 Å². The van der Waals surface area contributed by atoms with Gasteiger partial charge in [0.1, 0.15) is 5.82 Å². The van der Waals surface area contributed by atoms with Gasteiger partial charge in [-0.2, -0.15) is 0 Å². The Labute approximate surface area is 155 Å². The Morgan fingerprint density at radius 3 is 2.63 bits per heavy atom. The maximum atomic E-state index is 13.9. The van der Waals surface area contributed by atoms with E-state index in [0.29, 0.717) is 0 Å². The molecule has 0 saturated carbocycles.